The first-order valence-corrected chi connectivity index (χ1v) is 10.9. The van der Waals surface area contributed by atoms with Gasteiger partial charge in [0.1, 0.15) is 18.0 Å². The number of hydrogen-bond donors (Lipinski definition) is 1. The van der Waals surface area contributed by atoms with E-state index in [0.29, 0.717) is 30.0 Å². The van der Waals surface area contributed by atoms with Gasteiger partial charge in [-0.2, -0.15) is 5.10 Å². The number of carbonyl (C=O) groups excluding carboxylic acids is 2. The summed E-state index contributed by atoms with van der Waals surface area (Å²) in [6.45, 7) is 7.28. The lowest BCUT2D eigenvalue weighted by Gasteiger charge is -2.19. The molecule has 4 rings (SSSR count). The zero-order chi connectivity index (χ0) is 23.5. The summed E-state index contributed by atoms with van der Waals surface area (Å²) in [5, 5.41) is 8.00. The number of fused-ring (bicyclic) bond motifs is 1. The van der Waals surface area contributed by atoms with Gasteiger partial charge in [-0.05, 0) is 57.2 Å². The largest absolute Gasteiger partial charge is 0.342 e. The standard InChI is InChI=1S/C25H26FN5O2/c1-4-29(5-2)24(32)16-30-13-12-18-14-19(10-11-22(18)30)28-25(33)20-15-27-31(17(20)3)23-9-7-6-8-21(23)26/h6-15H,4-5,16H2,1-3H3,(H,28,33). The van der Waals surface area contributed by atoms with Crippen LogP contribution in [0.1, 0.15) is 29.9 Å². The number of nitrogens with one attached hydrogen (secondary N) is 1. The molecular formula is C25H26FN5O2. The first-order valence-electron chi connectivity index (χ1n) is 10.9. The maximum absolute atomic E-state index is 14.1. The highest BCUT2D eigenvalue weighted by Crippen LogP contribution is 2.23. The highest BCUT2D eigenvalue weighted by Gasteiger charge is 2.17. The van der Waals surface area contributed by atoms with E-state index >= 15 is 0 Å². The lowest BCUT2D eigenvalue weighted by Crippen LogP contribution is -2.33. The van der Waals surface area contributed by atoms with Crippen molar-refractivity contribution in [3.8, 4) is 5.69 Å². The summed E-state index contributed by atoms with van der Waals surface area (Å²) >= 11 is 0. The maximum Gasteiger partial charge on any atom is 0.259 e. The van der Waals surface area contributed by atoms with Crippen molar-refractivity contribution in [2.24, 2.45) is 0 Å². The van der Waals surface area contributed by atoms with Crippen molar-refractivity contribution in [3.05, 3.63) is 78.0 Å². The van der Waals surface area contributed by atoms with E-state index in [1.165, 1.54) is 16.9 Å². The molecule has 0 spiro atoms. The molecule has 8 heteroatoms. The Balaban J connectivity index is 1.52. The van der Waals surface area contributed by atoms with Crippen LogP contribution in [0.4, 0.5) is 10.1 Å². The SMILES string of the molecule is CCN(CC)C(=O)Cn1ccc2cc(NC(=O)c3cnn(-c4ccccc4F)c3C)ccc21. The van der Waals surface area contributed by atoms with Crippen molar-refractivity contribution in [3.63, 3.8) is 0 Å². The van der Waals surface area contributed by atoms with Gasteiger partial charge in [-0.1, -0.05) is 12.1 Å². The van der Waals surface area contributed by atoms with E-state index in [4.69, 9.17) is 0 Å². The quantitative estimate of drug-likeness (QED) is 0.457. The van der Waals surface area contributed by atoms with Gasteiger partial charge in [0.05, 0.1) is 17.5 Å². The molecule has 2 aromatic heterocycles. The number of halogens is 1. The molecular weight excluding hydrogens is 421 g/mol. The van der Waals surface area contributed by atoms with Gasteiger partial charge in [0.15, 0.2) is 0 Å². The Bertz CT molecular complexity index is 1320. The molecule has 7 nitrogen and oxygen atoms in total. The molecule has 170 valence electrons. The fourth-order valence-corrected chi connectivity index (χ4v) is 3.94. The highest BCUT2D eigenvalue weighted by molar-refractivity contribution is 6.05. The van der Waals surface area contributed by atoms with Gasteiger partial charge in [-0.15, -0.1) is 0 Å². The summed E-state index contributed by atoms with van der Waals surface area (Å²) < 4.78 is 17.5. The van der Waals surface area contributed by atoms with E-state index in [2.05, 4.69) is 10.4 Å². The second-order valence-electron chi connectivity index (χ2n) is 7.74. The molecule has 0 unspecified atom stereocenters. The van der Waals surface area contributed by atoms with Gasteiger partial charge >= 0.3 is 0 Å². The van der Waals surface area contributed by atoms with Crippen LogP contribution in [0.5, 0.6) is 0 Å². The summed E-state index contributed by atoms with van der Waals surface area (Å²) in [6, 6.07) is 13.8. The van der Waals surface area contributed by atoms with E-state index in [9.17, 15) is 14.0 Å². The Hall–Kier alpha value is -3.94. The molecule has 2 aromatic carbocycles. The number of para-hydroxylation sites is 1. The molecule has 1 N–H and O–H groups in total. The van der Waals surface area contributed by atoms with Crippen molar-refractivity contribution in [2.75, 3.05) is 18.4 Å². The minimum absolute atomic E-state index is 0.0669. The predicted octanol–water partition coefficient (Wildman–Crippen LogP) is 4.40. The van der Waals surface area contributed by atoms with Crippen molar-refractivity contribution in [1.82, 2.24) is 19.2 Å². The van der Waals surface area contributed by atoms with Crippen molar-refractivity contribution < 1.29 is 14.0 Å². The van der Waals surface area contributed by atoms with Crippen molar-refractivity contribution >= 4 is 28.4 Å². The minimum Gasteiger partial charge on any atom is -0.342 e. The number of carbonyl (C=O) groups is 2. The number of likely N-dealkylation sites (N-methyl/N-ethyl adjacent to an activating group) is 1. The van der Waals surface area contributed by atoms with Gasteiger partial charge in [-0.25, -0.2) is 9.07 Å². The molecule has 0 aliphatic rings. The number of hydrogen-bond acceptors (Lipinski definition) is 3. The second-order valence-corrected chi connectivity index (χ2v) is 7.74. The Kier molecular flexibility index (Phi) is 6.26. The van der Waals surface area contributed by atoms with Gasteiger partial charge in [0.25, 0.3) is 5.91 Å². The Morgan fingerprint density at radius 3 is 2.58 bits per heavy atom. The first kappa shape index (κ1) is 22.3. The Morgan fingerprint density at radius 1 is 1.09 bits per heavy atom. The van der Waals surface area contributed by atoms with E-state index in [1.54, 1.807) is 36.1 Å². The summed E-state index contributed by atoms with van der Waals surface area (Å²) in [5.41, 5.74) is 2.73. The number of nitrogens with zero attached hydrogens (tertiary/aromatic N) is 4. The van der Waals surface area contributed by atoms with Crippen LogP contribution in [0.2, 0.25) is 0 Å². The zero-order valence-electron chi connectivity index (χ0n) is 18.9. The molecule has 4 aromatic rings. The van der Waals surface area contributed by atoms with E-state index in [-0.39, 0.29) is 24.0 Å². The monoisotopic (exact) mass is 447 g/mol. The van der Waals surface area contributed by atoms with Crippen LogP contribution in [0.3, 0.4) is 0 Å². The number of benzene rings is 2. The van der Waals surface area contributed by atoms with Gasteiger partial charge in [-0.3, -0.25) is 9.59 Å². The third-order valence-corrected chi connectivity index (χ3v) is 5.79. The van der Waals surface area contributed by atoms with Gasteiger partial charge in [0.2, 0.25) is 5.91 Å². The van der Waals surface area contributed by atoms with Crippen LogP contribution >= 0.6 is 0 Å². The summed E-state index contributed by atoms with van der Waals surface area (Å²) in [7, 11) is 0. The molecule has 33 heavy (non-hydrogen) atoms. The third-order valence-electron chi connectivity index (χ3n) is 5.79. The molecule has 0 aliphatic heterocycles. The fraction of sp³-hybridized carbons (Fsp3) is 0.240. The number of amides is 2. The average Bonchev–Trinajstić information content (AvgIpc) is 3.38. The van der Waals surface area contributed by atoms with Crippen LogP contribution in [0, 0.1) is 12.7 Å². The topological polar surface area (TPSA) is 72.2 Å². The fourth-order valence-electron chi connectivity index (χ4n) is 3.94. The Morgan fingerprint density at radius 2 is 1.85 bits per heavy atom. The average molecular weight is 448 g/mol. The van der Waals surface area contributed by atoms with Crippen LogP contribution < -0.4 is 5.32 Å². The predicted molar refractivity (Wildman–Crippen MR) is 126 cm³/mol. The lowest BCUT2D eigenvalue weighted by atomic mass is 10.2. The molecule has 0 bridgehead atoms. The third kappa shape index (κ3) is 4.37. The molecule has 0 saturated heterocycles. The van der Waals surface area contributed by atoms with Crippen molar-refractivity contribution in [1.29, 1.82) is 0 Å². The summed E-state index contributed by atoms with van der Waals surface area (Å²) in [5.74, 6) is -0.673. The highest BCUT2D eigenvalue weighted by atomic mass is 19.1. The molecule has 0 aliphatic carbocycles. The second kappa shape index (κ2) is 9.28. The molecule has 2 heterocycles. The first-order chi connectivity index (χ1) is 15.9. The van der Waals surface area contributed by atoms with E-state index in [1.807, 2.05) is 42.8 Å². The molecule has 0 radical (unpaired) electrons. The molecule has 0 saturated carbocycles. The Labute approximate surface area is 191 Å². The van der Waals surface area contributed by atoms with Crippen molar-refractivity contribution in [2.45, 2.75) is 27.3 Å². The number of anilines is 1. The zero-order valence-corrected chi connectivity index (χ0v) is 18.9. The lowest BCUT2D eigenvalue weighted by molar-refractivity contribution is -0.131. The summed E-state index contributed by atoms with van der Waals surface area (Å²) in [4.78, 5) is 27.1. The van der Waals surface area contributed by atoms with E-state index < -0.39 is 5.82 Å². The smallest absolute Gasteiger partial charge is 0.259 e. The van der Waals surface area contributed by atoms with Gasteiger partial charge in [0, 0.05) is 35.9 Å². The van der Waals surface area contributed by atoms with Crippen LogP contribution in [0.15, 0.2) is 60.9 Å². The maximum atomic E-state index is 14.1. The minimum atomic E-state index is -0.412. The van der Waals surface area contributed by atoms with Crippen LogP contribution in [-0.2, 0) is 11.3 Å². The molecule has 0 fully saturated rings. The molecule has 2 amide bonds. The molecule has 0 atom stereocenters. The normalized spacial score (nSPS) is 11.0. The van der Waals surface area contributed by atoms with Crippen LogP contribution in [0.25, 0.3) is 16.6 Å². The number of aromatic nitrogens is 3. The number of rotatable bonds is 7. The van der Waals surface area contributed by atoms with E-state index in [0.717, 1.165) is 10.9 Å². The van der Waals surface area contributed by atoms with Crippen LogP contribution in [-0.4, -0.2) is 44.2 Å². The van der Waals surface area contributed by atoms with Gasteiger partial charge < -0.3 is 14.8 Å². The summed E-state index contributed by atoms with van der Waals surface area (Å²) in [6.07, 6.45) is 3.31.